The summed E-state index contributed by atoms with van der Waals surface area (Å²) < 4.78 is 0. The highest BCUT2D eigenvalue weighted by atomic mass is 16.2. The number of nitrogens with zero attached hydrogens (tertiary/aromatic N) is 3. The Morgan fingerprint density at radius 2 is 1.76 bits per heavy atom. The van der Waals surface area contributed by atoms with E-state index in [1.54, 1.807) is 0 Å². The van der Waals surface area contributed by atoms with Crippen molar-refractivity contribution in [3.63, 3.8) is 0 Å². The number of amides is 2. The highest BCUT2D eigenvalue weighted by Gasteiger charge is 2.31. The van der Waals surface area contributed by atoms with Crippen LogP contribution in [-0.4, -0.2) is 78.9 Å². The minimum atomic E-state index is -0.102. The van der Waals surface area contributed by atoms with Gasteiger partial charge in [-0.1, -0.05) is 18.2 Å². The van der Waals surface area contributed by atoms with Crippen molar-refractivity contribution in [3.8, 4) is 0 Å². The Morgan fingerprint density at radius 3 is 2.48 bits per heavy atom. The van der Waals surface area contributed by atoms with Gasteiger partial charge in [0, 0.05) is 63.8 Å². The van der Waals surface area contributed by atoms with Gasteiger partial charge in [-0.2, -0.15) is 0 Å². The SMILES string of the molecule is CN1CCN([C@H]2CCN(C(=O)CCC(=O)Nc3ccccc3)C2)CC1. The van der Waals surface area contributed by atoms with Crippen molar-refractivity contribution >= 4 is 17.5 Å². The van der Waals surface area contributed by atoms with E-state index in [2.05, 4.69) is 22.2 Å². The molecule has 136 valence electrons. The van der Waals surface area contributed by atoms with Gasteiger partial charge in [-0.3, -0.25) is 14.5 Å². The van der Waals surface area contributed by atoms with Crippen LogP contribution in [0.2, 0.25) is 0 Å². The molecule has 2 fully saturated rings. The predicted molar refractivity (Wildman–Crippen MR) is 98.4 cm³/mol. The van der Waals surface area contributed by atoms with Crippen molar-refractivity contribution in [1.82, 2.24) is 14.7 Å². The van der Waals surface area contributed by atoms with E-state index in [-0.39, 0.29) is 24.7 Å². The van der Waals surface area contributed by atoms with Crippen LogP contribution in [0.4, 0.5) is 5.69 Å². The first-order chi connectivity index (χ1) is 12.1. The van der Waals surface area contributed by atoms with Gasteiger partial charge in [-0.15, -0.1) is 0 Å². The van der Waals surface area contributed by atoms with Gasteiger partial charge in [0.25, 0.3) is 0 Å². The molecular weight excluding hydrogens is 316 g/mol. The zero-order valence-electron chi connectivity index (χ0n) is 15.0. The number of piperazine rings is 1. The van der Waals surface area contributed by atoms with E-state index in [1.807, 2.05) is 35.2 Å². The molecule has 0 spiro atoms. The maximum atomic E-state index is 12.4. The molecule has 1 aromatic rings. The molecule has 0 aromatic heterocycles. The van der Waals surface area contributed by atoms with E-state index >= 15 is 0 Å². The average Bonchev–Trinajstić information content (AvgIpc) is 3.11. The molecule has 1 atom stereocenters. The van der Waals surface area contributed by atoms with Crippen LogP contribution in [0.25, 0.3) is 0 Å². The molecule has 0 aliphatic carbocycles. The van der Waals surface area contributed by atoms with Gasteiger partial charge in [0.15, 0.2) is 0 Å². The van der Waals surface area contributed by atoms with Gasteiger partial charge >= 0.3 is 0 Å². The first-order valence-electron chi connectivity index (χ1n) is 9.17. The molecule has 2 saturated heterocycles. The van der Waals surface area contributed by atoms with E-state index in [9.17, 15) is 9.59 Å². The third kappa shape index (κ3) is 5.03. The topological polar surface area (TPSA) is 55.9 Å². The highest BCUT2D eigenvalue weighted by Crippen LogP contribution is 2.18. The molecule has 2 heterocycles. The molecule has 1 N–H and O–H groups in total. The Bertz CT molecular complexity index is 584. The number of likely N-dealkylation sites (N-methyl/N-ethyl adjacent to an activating group) is 1. The molecule has 6 nitrogen and oxygen atoms in total. The lowest BCUT2D eigenvalue weighted by Crippen LogP contribution is -2.50. The Morgan fingerprint density at radius 1 is 1.04 bits per heavy atom. The quantitative estimate of drug-likeness (QED) is 0.874. The number of benzene rings is 1. The van der Waals surface area contributed by atoms with Crippen molar-refractivity contribution in [2.24, 2.45) is 0 Å². The summed E-state index contributed by atoms with van der Waals surface area (Å²) >= 11 is 0. The number of hydrogen-bond acceptors (Lipinski definition) is 4. The van der Waals surface area contributed by atoms with Crippen LogP contribution in [0.15, 0.2) is 30.3 Å². The molecule has 1 aromatic carbocycles. The molecule has 3 rings (SSSR count). The van der Waals surface area contributed by atoms with E-state index in [0.717, 1.165) is 51.4 Å². The first kappa shape index (κ1) is 17.9. The molecule has 6 heteroatoms. The van der Waals surface area contributed by atoms with Gasteiger partial charge in [0.2, 0.25) is 11.8 Å². The number of carbonyl (C=O) groups excluding carboxylic acids is 2. The maximum absolute atomic E-state index is 12.4. The summed E-state index contributed by atoms with van der Waals surface area (Å²) in [5.41, 5.74) is 0.774. The summed E-state index contributed by atoms with van der Waals surface area (Å²) in [6, 6.07) is 9.84. The van der Waals surface area contributed by atoms with Gasteiger partial charge in [0.05, 0.1) is 0 Å². The van der Waals surface area contributed by atoms with Gasteiger partial charge in [-0.25, -0.2) is 0 Å². The third-order valence-corrected chi connectivity index (χ3v) is 5.19. The van der Waals surface area contributed by atoms with Gasteiger partial charge < -0.3 is 15.1 Å². The third-order valence-electron chi connectivity index (χ3n) is 5.19. The van der Waals surface area contributed by atoms with Gasteiger partial charge in [-0.05, 0) is 25.6 Å². The maximum Gasteiger partial charge on any atom is 0.224 e. The molecule has 25 heavy (non-hydrogen) atoms. The van der Waals surface area contributed by atoms with Crippen molar-refractivity contribution in [2.45, 2.75) is 25.3 Å². The standard InChI is InChI=1S/C19H28N4O2/c1-21-11-13-22(14-12-21)17-9-10-23(15-17)19(25)8-7-18(24)20-16-5-3-2-4-6-16/h2-6,17H,7-15H2,1H3,(H,20,24)/t17-/m0/s1. The Hall–Kier alpha value is -1.92. The fraction of sp³-hybridized carbons (Fsp3) is 0.579. The fourth-order valence-electron chi connectivity index (χ4n) is 3.58. The van der Waals surface area contributed by atoms with Crippen molar-refractivity contribution < 1.29 is 9.59 Å². The molecular formula is C19H28N4O2. The molecule has 2 amide bonds. The summed E-state index contributed by atoms with van der Waals surface area (Å²) in [5.74, 6) is -0.00537. The smallest absolute Gasteiger partial charge is 0.224 e. The minimum Gasteiger partial charge on any atom is -0.341 e. The number of carbonyl (C=O) groups is 2. The Labute approximate surface area is 149 Å². The van der Waals surface area contributed by atoms with Crippen LogP contribution in [0.5, 0.6) is 0 Å². The van der Waals surface area contributed by atoms with E-state index < -0.39 is 0 Å². The molecule has 2 aliphatic heterocycles. The van der Waals surface area contributed by atoms with E-state index in [0.29, 0.717) is 6.04 Å². The fourth-order valence-corrected chi connectivity index (χ4v) is 3.58. The van der Waals surface area contributed by atoms with E-state index in [1.165, 1.54) is 0 Å². The highest BCUT2D eigenvalue weighted by molar-refractivity contribution is 5.93. The zero-order valence-corrected chi connectivity index (χ0v) is 15.0. The van der Waals surface area contributed by atoms with Crippen LogP contribution < -0.4 is 5.32 Å². The molecule has 2 aliphatic rings. The predicted octanol–water partition coefficient (Wildman–Crippen LogP) is 1.25. The summed E-state index contributed by atoms with van der Waals surface area (Å²) in [6.07, 6.45) is 1.57. The number of nitrogens with one attached hydrogen (secondary N) is 1. The largest absolute Gasteiger partial charge is 0.341 e. The number of anilines is 1. The average molecular weight is 344 g/mol. The van der Waals surface area contributed by atoms with Gasteiger partial charge in [0.1, 0.15) is 0 Å². The second-order valence-electron chi connectivity index (χ2n) is 7.04. The summed E-state index contributed by atoms with van der Waals surface area (Å²) in [4.78, 5) is 31.2. The number of likely N-dealkylation sites (tertiary alicyclic amines) is 1. The molecule has 0 radical (unpaired) electrons. The van der Waals surface area contributed by atoms with Crippen molar-refractivity contribution in [1.29, 1.82) is 0 Å². The molecule has 0 saturated carbocycles. The summed E-state index contributed by atoms with van der Waals surface area (Å²) in [6.45, 7) is 6.00. The summed E-state index contributed by atoms with van der Waals surface area (Å²) in [5, 5.41) is 2.83. The molecule has 0 bridgehead atoms. The summed E-state index contributed by atoms with van der Waals surface area (Å²) in [7, 11) is 2.16. The second-order valence-corrected chi connectivity index (χ2v) is 7.04. The van der Waals surface area contributed by atoms with Crippen LogP contribution >= 0.6 is 0 Å². The van der Waals surface area contributed by atoms with Crippen molar-refractivity contribution in [3.05, 3.63) is 30.3 Å². The number of hydrogen-bond donors (Lipinski definition) is 1. The number of para-hydroxylation sites is 1. The van der Waals surface area contributed by atoms with E-state index in [4.69, 9.17) is 0 Å². The lowest BCUT2D eigenvalue weighted by atomic mass is 10.2. The monoisotopic (exact) mass is 344 g/mol. The zero-order chi connectivity index (χ0) is 17.6. The minimum absolute atomic E-state index is 0.0971. The van der Waals surface area contributed by atoms with Crippen LogP contribution in [-0.2, 0) is 9.59 Å². The molecule has 0 unspecified atom stereocenters. The van der Waals surface area contributed by atoms with Crippen LogP contribution in [0.3, 0.4) is 0 Å². The second kappa shape index (κ2) is 8.45. The Kier molecular flexibility index (Phi) is 6.04. The first-order valence-corrected chi connectivity index (χ1v) is 9.17. The lowest BCUT2D eigenvalue weighted by molar-refractivity contribution is -0.132. The number of rotatable bonds is 5. The lowest BCUT2D eigenvalue weighted by Gasteiger charge is -2.36. The Balaban J connectivity index is 1.39. The van der Waals surface area contributed by atoms with Crippen LogP contribution in [0, 0.1) is 0 Å². The van der Waals surface area contributed by atoms with Crippen LogP contribution in [0.1, 0.15) is 19.3 Å². The normalized spacial score (nSPS) is 22.1. The van der Waals surface area contributed by atoms with Crippen molar-refractivity contribution in [2.75, 3.05) is 51.6 Å².